The maximum Gasteiger partial charge on any atom is 0.309 e. The Morgan fingerprint density at radius 2 is 1.79 bits per heavy atom. The van der Waals surface area contributed by atoms with Gasteiger partial charge in [0.1, 0.15) is 0 Å². The number of methoxy groups -OCH3 is 1. The van der Waals surface area contributed by atoms with Crippen LogP contribution in [0.2, 0.25) is 0 Å². The number of nitrogens with one attached hydrogen (secondary N) is 2. The predicted octanol–water partition coefficient (Wildman–Crippen LogP) is 3.48. The van der Waals surface area contributed by atoms with Crippen molar-refractivity contribution < 1.29 is 19.1 Å². The molecule has 0 bridgehead atoms. The SMILES string of the molecule is CCOc1ccc(C(=O)NNC(=O)c2nc(-c3cccs3)n(-c3ccccc3)n2)cc1OC. The second-order valence-electron chi connectivity index (χ2n) is 6.69. The molecule has 4 rings (SSSR count). The number of thiophene rings is 1. The van der Waals surface area contributed by atoms with E-state index in [0.717, 1.165) is 10.6 Å². The standard InChI is InChI=1S/C23H21N5O4S/c1-3-32-17-12-11-15(14-18(17)31-2)22(29)25-26-23(30)20-24-21(19-10-7-13-33-19)28(27-20)16-8-5-4-6-9-16/h4-14H,3H2,1-2H3,(H,25,29)(H,26,30). The van der Waals surface area contributed by atoms with Gasteiger partial charge in [0.05, 0.1) is 24.3 Å². The fraction of sp³-hybridized carbons (Fsp3) is 0.130. The van der Waals surface area contributed by atoms with Gasteiger partial charge in [-0.25, -0.2) is 9.67 Å². The predicted molar refractivity (Wildman–Crippen MR) is 124 cm³/mol. The molecule has 2 amide bonds. The highest BCUT2D eigenvalue weighted by molar-refractivity contribution is 7.13. The Labute approximate surface area is 194 Å². The Morgan fingerprint density at radius 3 is 2.48 bits per heavy atom. The van der Waals surface area contributed by atoms with E-state index >= 15 is 0 Å². The van der Waals surface area contributed by atoms with Crippen molar-refractivity contribution in [2.45, 2.75) is 6.92 Å². The molecule has 2 N–H and O–H groups in total. The number of hydrogen-bond donors (Lipinski definition) is 2. The monoisotopic (exact) mass is 463 g/mol. The third-order valence-corrected chi connectivity index (χ3v) is 5.43. The second kappa shape index (κ2) is 9.96. The van der Waals surface area contributed by atoms with Gasteiger partial charge in [-0.3, -0.25) is 20.4 Å². The summed E-state index contributed by atoms with van der Waals surface area (Å²) in [6, 6.07) is 17.9. The molecule has 0 radical (unpaired) electrons. The number of para-hydroxylation sites is 1. The van der Waals surface area contributed by atoms with Crippen LogP contribution in [0.5, 0.6) is 11.5 Å². The molecule has 168 valence electrons. The van der Waals surface area contributed by atoms with Gasteiger partial charge >= 0.3 is 5.91 Å². The molecule has 0 atom stereocenters. The number of nitrogens with zero attached hydrogens (tertiary/aromatic N) is 3. The number of carbonyl (C=O) groups excluding carboxylic acids is 2. The van der Waals surface area contributed by atoms with E-state index in [9.17, 15) is 9.59 Å². The van der Waals surface area contributed by atoms with Crippen LogP contribution in [0.3, 0.4) is 0 Å². The summed E-state index contributed by atoms with van der Waals surface area (Å²) in [5.74, 6) is 0.229. The largest absolute Gasteiger partial charge is 0.493 e. The fourth-order valence-electron chi connectivity index (χ4n) is 3.05. The van der Waals surface area contributed by atoms with Crippen LogP contribution < -0.4 is 20.3 Å². The molecule has 33 heavy (non-hydrogen) atoms. The van der Waals surface area contributed by atoms with Crippen LogP contribution in [-0.4, -0.2) is 40.3 Å². The highest BCUT2D eigenvalue weighted by Crippen LogP contribution is 2.28. The van der Waals surface area contributed by atoms with Gasteiger partial charge in [-0.1, -0.05) is 24.3 Å². The summed E-state index contributed by atoms with van der Waals surface area (Å²) in [4.78, 5) is 30.5. The minimum Gasteiger partial charge on any atom is -0.493 e. The van der Waals surface area contributed by atoms with Gasteiger partial charge in [0.15, 0.2) is 17.3 Å². The molecule has 0 saturated carbocycles. The lowest BCUT2D eigenvalue weighted by molar-refractivity contribution is 0.0841. The van der Waals surface area contributed by atoms with Crippen LogP contribution in [0.25, 0.3) is 16.4 Å². The van der Waals surface area contributed by atoms with Crippen LogP contribution in [0.1, 0.15) is 27.9 Å². The van der Waals surface area contributed by atoms with Crippen molar-refractivity contribution >= 4 is 23.2 Å². The first kappa shape index (κ1) is 22.0. The van der Waals surface area contributed by atoms with Crippen molar-refractivity contribution in [1.82, 2.24) is 25.6 Å². The molecule has 0 saturated heterocycles. The van der Waals surface area contributed by atoms with Crippen molar-refractivity contribution in [3.8, 4) is 27.9 Å². The Hall–Kier alpha value is -4.18. The zero-order valence-corrected chi connectivity index (χ0v) is 18.8. The van der Waals surface area contributed by atoms with E-state index in [1.807, 2.05) is 54.8 Å². The lowest BCUT2D eigenvalue weighted by atomic mass is 10.2. The molecule has 4 aromatic rings. The molecule has 0 aliphatic heterocycles. The van der Waals surface area contributed by atoms with E-state index in [2.05, 4.69) is 20.9 Å². The first-order valence-corrected chi connectivity index (χ1v) is 11.0. The third-order valence-electron chi connectivity index (χ3n) is 4.57. The average Bonchev–Trinajstić information content (AvgIpc) is 3.53. The molecule has 0 fully saturated rings. The summed E-state index contributed by atoms with van der Waals surface area (Å²) in [5, 5.41) is 6.28. The zero-order valence-electron chi connectivity index (χ0n) is 17.9. The quantitative estimate of drug-likeness (QED) is 0.407. The van der Waals surface area contributed by atoms with Gasteiger partial charge in [0, 0.05) is 5.56 Å². The fourth-order valence-corrected chi connectivity index (χ4v) is 3.75. The Balaban J connectivity index is 1.52. The minimum atomic E-state index is -0.645. The van der Waals surface area contributed by atoms with Gasteiger partial charge in [-0.2, -0.15) is 0 Å². The van der Waals surface area contributed by atoms with Crippen molar-refractivity contribution in [2.24, 2.45) is 0 Å². The first-order valence-electron chi connectivity index (χ1n) is 10.1. The van der Waals surface area contributed by atoms with Crippen molar-refractivity contribution in [3.63, 3.8) is 0 Å². The molecular formula is C23H21N5O4S. The van der Waals surface area contributed by atoms with E-state index in [1.54, 1.807) is 16.8 Å². The van der Waals surface area contributed by atoms with E-state index in [4.69, 9.17) is 9.47 Å². The summed E-state index contributed by atoms with van der Waals surface area (Å²) in [5.41, 5.74) is 5.80. The summed E-state index contributed by atoms with van der Waals surface area (Å²) in [6.07, 6.45) is 0. The molecule has 10 heteroatoms. The second-order valence-corrected chi connectivity index (χ2v) is 7.64. The first-order chi connectivity index (χ1) is 16.1. The maximum atomic E-state index is 12.7. The smallest absolute Gasteiger partial charge is 0.309 e. The van der Waals surface area contributed by atoms with Crippen molar-refractivity contribution in [3.05, 3.63) is 77.4 Å². The average molecular weight is 464 g/mol. The molecular weight excluding hydrogens is 442 g/mol. The summed E-state index contributed by atoms with van der Waals surface area (Å²) in [7, 11) is 1.49. The number of benzene rings is 2. The summed E-state index contributed by atoms with van der Waals surface area (Å²) < 4.78 is 12.3. The third kappa shape index (κ3) is 4.85. The van der Waals surface area contributed by atoms with Gasteiger partial charge in [-0.05, 0) is 48.7 Å². The maximum absolute atomic E-state index is 12.7. The summed E-state index contributed by atoms with van der Waals surface area (Å²) >= 11 is 1.49. The van der Waals surface area contributed by atoms with Crippen molar-refractivity contribution in [1.29, 1.82) is 0 Å². The number of rotatable bonds is 7. The van der Waals surface area contributed by atoms with Crippen LogP contribution in [0.4, 0.5) is 0 Å². The highest BCUT2D eigenvalue weighted by Gasteiger charge is 2.20. The van der Waals surface area contributed by atoms with Crippen LogP contribution in [0, 0.1) is 0 Å². The number of hydrazine groups is 1. The number of aromatic nitrogens is 3. The summed E-state index contributed by atoms with van der Waals surface area (Å²) in [6.45, 7) is 2.32. The van der Waals surface area contributed by atoms with E-state index < -0.39 is 11.8 Å². The molecule has 0 spiro atoms. The lowest BCUT2D eigenvalue weighted by Gasteiger charge is -2.11. The molecule has 0 aliphatic rings. The van der Waals surface area contributed by atoms with Crippen LogP contribution >= 0.6 is 11.3 Å². The van der Waals surface area contributed by atoms with E-state index in [1.165, 1.54) is 24.5 Å². The van der Waals surface area contributed by atoms with Gasteiger partial charge < -0.3 is 9.47 Å². The van der Waals surface area contributed by atoms with Gasteiger partial charge in [-0.15, -0.1) is 16.4 Å². The topological polar surface area (TPSA) is 107 Å². The van der Waals surface area contributed by atoms with E-state index in [-0.39, 0.29) is 11.4 Å². The number of hydrogen-bond acceptors (Lipinski definition) is 7. The minimum absolute atomic E-state index is 0.0770. The molecule has 9 nitrogen and oxygen atoms in total. The van der Waals surface area contributed by atoms with Crippen molar-refractivity contribution in [2.75, 3.05) is 13.7 Å². The molecule has 0 unspecified atom stereocenters. The van der Waals surface area contributed by atoms with Crippen LogP contribution in [0.15, 0.2) is 66.0 Å². The van der Waals surface area contributed by atoms with Crippen LogP contribution in [-0.2, 0) is 0 Å². The molecule has 0 aliphatic carbocycles. The number of amides is 2. The van der Waals surface area contributed by atoms with Gasteiger partial charge in [0.2, 0.25) is 5.82 Å². The molecule has 2 heterocycles. The van der Waals surface area contributed by atoms with E-state index in [0.29, 0.717) is 23.9 Å². The Kier molecular flexibility index (Phi) is 6.65. The normalized spacial score (nSPS) is 10.5. The molecule has 2 aromatic heterocycles. The molecule has 2 aromatic carbocycles. The van der Waals surface area contributed by atoms with Gasteiger partial charge in [0.25, 0.3) is 5.91 Å². The lowest BCUT2D eigenvalue weighted by Crippen LogP contribution is -2.42. The number of carbonyl (C=O) groups is 2. The Morgan fingerprint density at radius 1 is 1.00 bits per heavy atom. The highest BCUT2D eigenvalue weighted by atomic mass is 32.1. The Bertz CT molecular complexity index is 1260. The zero-order chi connectivity index (χ0) is 23.2. The number of ether oxygens (including phenoxy) is 2.